The Morgan fingerprint density at radius 1 is 1.13 bits per heavy atom. The fraction of sp³-hybridized carbons (Fsp3) is 0.200. The summed E-state index contributed by atoms with van der Waals surface area (Å²) in [4.78, 5) is 26.5. The predicted octanol–water partition coefficient (Wildman–Crippen LogP) is 3.05. The van der Waals surface area contributed by atoms with Gasteiger partial charge in [-0.3, -0.25) is 4.79 Å². The normalized spacial score (nSPS) is 10.6. The molecule has 3 heterocycles. The standard InChI is InChI=1S/C20H20N8O2S/c1-12-6-7-15(31-12)18-28-27-16(30-18)8-9-22-19-23-11-24-20(26-19)25-14-5-3-4-13(10-14)17(29)21-2/h3-7,10-11H,8-9H2,1-2H3,(H,21,29)(H2,22,23,24,25,26). The van der Waals surface area contributed by atoms with Gasteiger partial charge in [0.05, 0.1) is 4.88 Å². The van der Waals surface area contributed by atoms with E-state index in [-0.39, 0.29) is 5.91 Å². The van der Waals surface area contributed by atoms with E-state index in [1.807, 2.05) is 25.1 Å². The van der Waals surface area contributed by atoms with Crippen molar-refractivity contribution in [2.24, 2.45) is 0 Å². The Balaban J connectivity index is 1.34. The van der Waals surface area contributed by atoms with Crippen molar-refractivity contribution in [1.29, 1.82) is 0 Å². The molecular weight excluding hydrogens is 416 g/mol. The lowest BCUT2D eigenvalue weighted by atomic mass is 10.2. The molecule has 4 aromatic rings. The first-order valence-electron chi connectivity index (χ1n) is 9.52. The van der Waals surface area contributed by atoms with Gasteiger partial charge in [0.1, 0.15) is 6.33 Å². The van der Waals surface area contributed by atoms with Crippen molar-refractivity contribution in [3.05, 3.63) is 59.1 Å². The summed E-state index contributed by atoms with van der Waals surface area (Å²) in [6, 6.07) is 11.0. The molecule has 0 saturated heterocycles. The Labute approximate surface area is 182 Å². The minimum Gasteiger partial charge on any atom is -0.420 e. The van der Waals surface area contributed by atoms with Crippen molar-refractivity contribution < 1.29 is 9.21 Å². The summed E-state index contributed by atoms with van der Waals surface area (Å²) < 4.78 is 5.71. The molecule has 0 atom stereocenters. The molecule has 0 bridgehead atoms. The van der Waals surface area contributed by atoms with Gasteiger partial charge in [0.25, 0.3) is 11.8 Å². The van der Waals surface area contributed by atoms with E-state index in [2.05, 4.69) is 41.1 Å². The van der Waals surface area contributed by atoms with Gasteiger partial charge in [0, 0.05) is 36.1 Å². The molecule has 0 aliphatic rings. The smallest absolute Gasteiger partial charge is 0.257 e. The fourth-order valence-electron chi connectivity index (χ4n) is 2.74. The zero-order valence-corrected chi connectivity index (χ0v) is 17.7. The quantitative estimate of drug-likeness (QED) is 0.381. The number of anilines is 3. The van der Waals surface area contributed by atoms with Crippen LogP contribution < -0.4 is 16.0 Å². The number of carbonyl (C=O) groups excluding carboxylic acids is 1. The Hall–Kier alpha value is -3.86. The monoisotopic (exact) mass is 436 g/mol. The van der Waals surface area contributed by atoms with Crippen molar-refractivity contribution in [3.8, 4) is 10.8 Å². The molecule has 11 heteroatoms. The number of aromatic nitrogens is 5. The van der Waals surface area contributed by atoms with Crippen LogP contribution in [0.5, 0.6) is 0 Å². The second-order valence-corrected chi connectivity index (χ2v) is 7.79. The minimum absolute atomic E-state index is 0.167. The Bertz CT molecular complexity index is 1190. The molecule has 1 amide bonds. The highest BCUT2D eigenvalue weighted by atomic mass is 32.1. The van der Waals surface area contributed by atoms with Crippen LogP contribution in [0.2, 0.25) is 0 Å². The third-order valence-corrected chi connectivity index (χ3v) is 5.21. The number of hydrogen-bond donors (Lipinski definition) is 3. The van der Waals surface area contributed by atoms with Gasteiger partial charge in [0.15, 0.2) is 0 Å². The molecular formula is C20H20N8O2S. The van der Waals surface area contributed by atoms with Gasteiger partial charge in [-0.05, 0) is 37.3 Å². The molecule has 0 aliphatic carbocycles. The highest BCUT2D eigenvalue weighted by Gasteiger charge is 2.11. The van der Waals surface area contributed by atoms with Gasteiger partial charge < -0.3 is 20.4 Å². The second-order valence-electron chi connectivity index (χ2n) is 6.51. The van der Waals surface area contributed by atoms with Crippen LogP contribution in [-0.4, -0.2) is 44.6 Å². The van der Waals surface area contributed by atoms with E-state index in [1.54, 1.807) is 36.6 Å². The van der Waals surface area contributed by atoms with E-state index in [4.69, 9.17) is 4.42 Å². The number of nitrogens with zero attached hydrogens (tertiary/aromatic N) is 5. The Morgan fingerprint density at radius 3 is 2.81 bits per heavy atom. The molecule has 4 rings (SSSR count). The number of benzene rings is 1. The first kappa shape index (κ1) is 20.4. The maximum absolute atomic E-state index is 11.8. The second kappa shape index (κ2) is 9.30. The summed E-state index contributed by atoms with van der Waals surface area (Å²) in [6.07, 6.45) is 1.93. The minimum atomic E-state index is -0.167. The van der Waals surface area contributed by atoms with E-state index < -0.39 is 0 Å². The van der Waals surface area contributed by atoms with Crippen LogP contribution in [0.3, 0.4) is 0 Å². The van der Waals surface area contributed by atoms with Crippen LogP contribution in [0.15, 0.2) is 47.1 Å². The molecule has 0 fully saturated rings. The van der Waals surface area contributed by atoms with Crippen LogP contribution in [0, 0.1) is 6.92 Å². The highest BCUT2D eigenvalue weighted by molar-refractivity contribution is 7.15. The van der Waals surface area contributed by atoms with E-state index >= 15 is 0 Å². The Morgan fingerprint density at radius 2 is 2.00 bits per heavy atom. The largest absolute Gasteiger partial charge is 0.420 e. The lowest BCUT2D eigenvalue weighted by molar-refractivity contribution is 0.0963. The predicted molar refractivity (Wildman–Crippen MR) is 117 cm³/mol. The summed E-state index contributed by atoms with van der Waals surface area (Å²) in [5.74, 6) is 1.67. The van der Waals surface area contributed by atoms with Gasteiger partial charge in [0.2, 0.25) is 17.8 Å². The topological polar surface area (TPSA) is 131 Å². The van der Waals surface area contributed by atoms with E-state index in [9.17, 15) is 4.79 Å². The number of hydrogen-bond acceptors (Lipinski definition) is 10. The number of thiophene rings is 1. The first-order valence-corrected chi connectivity index (χ1v) is 10.3. The molecule has 10 nitrogen and oxygen atoms in total. The lowest BCUT2D eigenvalue weighted by Crippen LogP contribution is -2.17. The summed E-state index contributed by atoms with van der Waals surface area (Å²) in [6.45, 7) is 2.55. The average molecular weight is 437 g/mol. The third-order valence-electron chi connectivity index (χ3n) is 4.22. The molecule has 1 aromatic carbocycles. The van der Waals surface area contributed by atoms with Crippen LogP contribution in [0.1, 0.15) is 21.1 Å². The SMILES string of the molecule is CNC(=O)c1cccc(Nc2ncnc(NCCc3nnc(-c4ccc(C)s4)o3)n2)c1. The number of nitrogens with one attached hydrogen (secondary N) is 3. The van der Waals surface area contributed by atoms with Crippen LogP contribution in [0.4, 0.5) is 17.6 Å². The molecule has 0 unspecified atom stereocenters. The zero-order chi connectivity index (χ0) is 21.6. The van der Waals surface area contributed by atoms with Crippen LogP contribution in [0.25, 0.3) is 10.8 Å². The lowest BCUT2D eigenvalue weighted by Gasteiger charge is -2.08. The van der Waals surface area contributed by atoms with Crippen molar-refractivity contribution in [2.75, 3.05) is 24.2 Å². The van der Waals surface area contributed by atoms with Gasteiger partial charge in [-0.1, -0.05) is 6.07 Å². The molecule has 3 N–H and O–H groups in total. The maximum Gasteiger partial charge on any atom is 0.257 e. The maximum atomic E-state index is 11.8. The Kier molecular flexibility index (Phi) is 6.13. The van der Waals surface area contributed by atoms with Crippen molar-refractivity contribution in [3.63, 3.8) is 0 Å². The number of rotatable bonds is 8. The zero-order valence-electron chi connectivity index (χ0n) is 16.9. The summed E-state index contributed by atoms with van der Waals surface area (Å²) in [5, 5.41) is 17.0. The van der Waals surface area contributed by atoms with Crippen molar-refractivity contribution in [1.82, 2.24) is 30.5 Å². The van der Waals surface area contributed by atoms with E-state index in [1.165, 1.54) is 11.2 Å². The molecule has 0 radical (unpaired) electrons. The van der Waals surface area contributed by atoms with Gasteiger partial charge in [-0.2, -0.15) is 4.98 Å². The van der Waals surface area contributed by atoms with Gasteiger partial charge >= 0.3 is 0 Å². The average Bonchev–Trinajstić information content (AvgIpc) is 3.42. The highest BCUT2D eigenvalue weighted by Crippen LogP contribution is 2.26. The number of carbonyl (C=O) groups is 1. The molecule has 0 aliphatic heterocycles. The molecule has 3 aromatic heterocycles. The fourth-order valence-corrected chi connectivity index (χ4v) is 3.53. The van der Waals surface area contributed by atoms with Crippen LogP contribution in [-0.2, 0) is 6.42 Å². The van der Waals surface area contributed by atoms with E-state index in [0.29, 0.717) is 47.9 Å². The summed E-state index contributed by atoms with van der Waals surface area (Å²) in [7, 11) is 1.59. The first-order chi connectivity index (χ1) is 15.1. The molecule has 31 heavy (non-hydrogen) atoms. The summed E-state index contributed by atoms with van der Waals surface area (Å²) in [5.41, 5.74) is 1.23. The van der Waals surface area contributed by atoms with E-state index in [0.717, 1.165) is 4.88 Å². The van der Waals surface area contributed by atoms with Gasteiger partial charge in [-0.15, -0.1) is 21.5 Å². The molecule has 158 valence electrons. The molecule has 0 saturated carbocycles. The molecule has 0 spiro atoms. The third kappa shape index (κ3) is 5.20. The summed E-state index contributed by atoms with van der Waals surface area (Å²) >= 11 is 1.61. The van der Waals surface area contributed by atoms with Crippen LogP contribution >= 0.6 is 11.3 Å². The van der Waals surface area contributed by atoms with Crippen molar-refractivity contribution in [2.45, 2.75) is 13.3 Å². The van der Waals surface area contributed by atoms with Gasteiger partial charge in [-0.25, -0.2) is 9.97 Å². The van der Waals surface area contributed by atoms with Crippen molar-refractivity contribution >= 4 is 34.8 Å². The number of aryl methyl sites for hydroxylation is 1. The number of amides is 1.